The number of nitrogens with one attached hydrogen (secondary N) is 2. The number of amides is 4. The number of nitrogens with zero attached hydrogens (tertiary/aromatic N) is 2. The lowest BCUT2D eigenvalue weighted by Crippen LogP contribution is -2.45. The fourth-order valence-electron chi connectivity index (χ4n) is 3.77. The number of rotatable bonds is 7. The zero-order valence-corrected chi connectivity index (χ0v) is 19.1. The smallest absolute Gasteiger partial charge is 0.326 e. The van der Waals surface area contributed by atoms with Gasteiger partial charge in [-0.05, 0) is 47.5 Å². The number of hydrogen-bond acceptors (Lipinski definition) is 6. The van der Waals surface area contributed by atoms with Gasteiger partial charge in [-0.1, -0.05) is 35.9 Å². The maximum absolute atomic E-state index is 13.8. The number of aromatic nitrogens is 1. The van der Waals surface area contributed by atoms with Gasteiger partial charge in [-0.25, -0.2) is 9.78 Å². The van der Waals surface area contributed by atoms with E-state index >= 15 is 0 Å². The van der Waals surface area contributed by atoms with Crippen LogP contribution in [0.25, 0.3) is 0 Å². The molecular formula is C24H21ClN4O5. The largest absolute Gasteiger partial charge is 0.497 e. The molecule has 0 atom stereocenters. The van der Waals surface area contributed by atoms with Gasteiger partial charge in [0.2, 0.25) is 5.91 Å². The molecule has 4 rings (SSSR count). The lowest BCUT2D eigenvalue weighted by atomic mass is 9.82. The highest BCUT2D eigenvalue weighted by Crippen LogP contribution is 2.37. The Hall–Kier alpha value is -4.11. The molecule has 34 heavy (non-hydrogen) atoms. The molecule has 0 radical (unpaired) electrons. The summed E-state index contributed by atoms with van der Waals surface area (Å²) in [5, 5.41) is 5.46. The Labute approximate surface area is 200 Å². The van der Waals surface area contributed by atoms with Crippen molar-refractivity contribution in [3.05, 3.63) is 83.1 Å². The minimum atomic E-state index is -1.54. The highest BCUT2D eigenvalue weighted by atomic mass is 35.5. The fourth-order valence-corrected chi connectivity index (χ4v) is 3.94. The van der Waals surface area contributed by atoms with Crippen LogP contribution in [0, 0.1) is 0 Å². The number of anilines is 1. The molecular weight excluding hydrogens is 460 g/mol. The molecule has 0 bridgehead atoms. The summed E-state index contributed by atoms with van der Waals surface area (Å²) in [6, 6.07) is 16.0. The lowest BCUT2D eigenvalue weighted by molar-refractivity contribution is -0.133. The minimum absolute atomic E-state index is 0.0962. The van der Waals surface area contributed by atoms with E-state index in [0.29, 0.717) is 22.6 Å². The maximum atomic E-state index is 13.8. The third kappa shape index (κ3) is 4.13. The number of ether oxygens (including phenoxy) is 2. The first-order chi connectivity index (χ1) is 16.4. The third-order valence-electron chi connectivity index (χ3n) is 5.49. The molecule has 0 aliphatic carbocycles. The van der Waals surface area contributed by atoms with Crippen LogP contribution in [-0.2, 0) is 15.1 Å². The van der Waals surface area contributed by atoms with Crippen molar-refractivity contribution in [2.75, 3.05) is 26.1 Å². The Morgan fingerprint density at radius 3 is 2.06 bits per heavy atom. The normalized spacial score (nSPS) is 14.5. The first-order valence-corrected chi connectivity index (χ1v) is 10.6. The van der Waals surface area contributed by atoms with E-state index in [2.05, 4.69) is 15.6 Å². The predicted octanol–water partition coefficient (Wildman–Crippen LogP) is 3.19. The highest BCUT2D eigenvalue weighted by Gasteiger charge is 2.54. The van der Waals surface area contributed by atoms with Gasteiger partial charge in [0.1, 0.15) is 18.0 Å². The summed E-state index contributed by atoms with van der Waals surface area (Å²) in [4.78, 5) is 44.2. The molecule has 1 fully saturated rings. The molecule has 0 unspecified atom stereocenters. The second-order valence-corrected chi connectivity index (χ2v) is 7.78. The Balaban J connectivity index is 1.69. The molecule has 174 valence electrons. The predicted molar refractivity (Wildman–Crippen MR) is 125 cm³/mol. The number of halogens is 1. The second-order valence-electron chi connectivity index (χ2n) is 7.42. The minimum Gasteiger partial charge on any atom is -0.497 e. The Morgan fingerprint density at radius 1 is 1.00 bits per heavy atom. The number of carbonyl (C=O) groups excluding carboxylic acids is 3. The van der Waals surface area contributed by atoms with Crippen molar-refractivity contribution in [2.45, 2.75) is 5.54 Å². The number of carbonyl (C=O) groups is 3. The molecule has 4 amide bonds. The number of pyridine rings is 1. The van der Waals surface area contributed by atoms with Crippen LogP contribution in [0.1, 0.15) is 11.1 Å². The van der Waals surface area contributed by atoms with Crippen LogP contribution >= 0.6 is 11.6 Å². The van der Waals surface area contributed by atoms with Crippen molar-refractivity contribution < 1.29 is 23.9 Å². The van der Waals surface area contributed by atoms with Gasteiger partial charge in [-0.15, -0.1) is 0 Å². The van der Waals surface area contributed by atoms with Gasteiger partial charge in [-0.2, -0.15) is 0 Å². The van der Waals surface area contributed by atoms with Crippen LogP contribution in [0.4, 0.5) is 10.5 Å². The lowest BCUT2D eigenvalue weighted by Gasteiger charge is -2.28. The molecule has 1 aliphatic rings. The third-order valence-corrected chi connectivity index (χ3v) is 5.79. The Kier molecular flexibility index (Phi) is 6.38. The summed E-state index contributed by atoms with van der Waals surface area (Å²) >= 11 is 5.99. The molecule has 0 saturated carbocycles. The first kappa shape index (κ1) is 23.1. The van der Waals surface area contributed by atoms with Crippen LogP contribution in [-0.4, -0.2) is 48.5 Å². The summed E-state index contributed by atoms with van der Waals surface area (Å²) in [5.74, 6) is -0.0103. The fraction of sp³-hybridized carbons (Fsp3) is 0.167. The topological polar surface area (TPSA) is 110 Å². The average molecular weight is 481 g/mol. The van der Waals surface area contributed by atoms with Crippen LogP contribution in [0.2, 0.25) is 5.15 Å². The summed E-state index contributed by atoms with van der Waals surface area (Å²) < 4.78 is 10.4. The number of methoxy groups -OCH3 is 2. The number of imide groups is 1. The molecule has 3 aromatic rings. The van der Waals surface area contributed by atoms with Gasteiger partial charge in [0.25, 0.3) is 5.91 Å². The van der Waals surface area contributed by atoms with Gasteiger partial charge in [-0.3, -0.25) is 14.5 Å². The second kappa shape index (κ2) is 9.40. The molecule has 2 aromatic carbocycles. The quantitative estimate of drug-likeness (QED) is 0.397. The number of urea groups is 1. The van der Waals surface area contributed by atoms with Crippen molar-refractivity contribution in [3.8, 4) is 11.5 Å². The van der Waals surface area contributed by atoms with E-state index in [4.69, 9.17) is 21.1 Å². The van der Waals surface area contributed by atoms with Gasteiger partial charge in [0.05, 0.1) is 19.9 Å². The first-order valence-electron chi connectivity index (χ1n) is 10.2. The molecule has 9 nitrogen and oxygen atoms in total. The van der Waals surface area contributed by atoms with Crippen LogP contribution < -0.4 is 20.1 Å². The van der Waals surface area contributed by atoms with Crippen LogP contribution in [0.3, 0.4) is 0 Å². The summed E-state index contributed by atoms with van der Waals surface area (Å²) in [6.07, 6.45) is 1.48. The van der Waals surface area contributed by atoms with Gasteiger partial charge in [0, 0.05) is 6.20 Å². The SMILES string of the molecule is COc1ccc(C2(c3ccc(OC)cc3)NC(=O)N(CC(=O)Nc3cccnc3Cl)C2=O)cc1. The molecule has 2 N–H and O–H groups in total. The monoisotopic (exact) mass is 480 g/mol. The summed E-state index contributed by atoms with van der Waals surface area (Å²) in [7, 11) is 3.07. The summed E-state index contributed by atoms with van der Waals surface area (Å²) in [6.45, 7) is -0.510. The standard InChI is InChI=1S/C24H21ClN4O5/c1-33-17-9-5-15(6-10-17)24(16-7-11-18(34-2)12-8-16)22(31)29(23(32)28-24)14-20(30)27-19-4-3-13-26-21(19)25/h3-13H,14H2,1-2H3,(H,27,30)(H,28,32). The van der Waals surface area contributed by atoms with Crippen LogP contribution in [0.15, 0.2) is 66.9 Å². The van der Waals surface area contributed by atoms with E-state index in [1.54, 1.807) is 60.7 Å². The average Bonchev–Trinajstić information content (AvgIpc) is 3.11. The van der Waals surface area contributed by atoms with Crippen LogP contribution in [0.5, 0.6) is 11.5 Å². The maximum Gasteiger partial charge on any atom is 0.326 e. The van der Waals surface area contributed by atoms with E-state index in [0.717, 1.165) is 4.90 Å². The van der Waals surface area contributed by atoms with E-state index in [-0.39, 0.29) is 10.8 Å². The van der Waals surface area contributed by atoms with Gasteiger partial charge >= 0.3 is 6.03 Å². The van der Waals surface area contributed by atoms with Crippen molar-refractivity contribution in [1.82, 2.24) is 15.2 Å². The van der Waals surface area contributed by atoms with Crippen molar-refractivity contribution in [2.24, 2.45) is 0 Å². The Morgan fingerprint density at radius 2 is 1.56 bits per heavy atom. The number of benzene rings is 2. The van der Waals surface area contributed by atoms with Crippen molar-refractivity contribution in [3.63, 3.8) is 0 Å². The van der Waals surface area contributed by atoms with E-state index in [1.807, 2.05) is 0 Å². The molecule has 1 aromatic heterocycles. The zero-order valence-electron chi connectivity index (χ0n) is 18.4. The highest BCUT2D eigenvalue weighted by molar-refractivity contribution is 6.32. The molecule has 0 spiro atoms. The Bertz CT molecular complexity index is 1180. The molecule has 2 heterocycles. The van der Waals surface area contributed by atoms with Crippen molar-refractivity contribution in [1.29, 1.82) is 0 Å². The molecule has 1 aliphatic heterocycles. The van der Waals surface area contributed by atoms with E-state index < -0.39 is 29.9 Å². The van der Waals surface area contributed by atoms with Gasteiger partial charge < -0.3 is 20.1 Å². The zero-order chi connectivity index (χ0) is 24.3. The summed E-state index contributed by atoms with van der Waals surface area (Å²) in [5.41, 5.74) is -0.246. The van der Waals surface area contributed by atoms with Gasteiger partial charge in [0.15, 0.2) is 10.7 Å². The van der Waals surface area contributed by atoms with E-state index in [1.165, 1.54) is 20.4 Å². The van der Waals surface area contributed by atoms with Crippen molar-refractivity contribution >= 4 is 35.1 Å². The number of hydrogen-bond donors (Lipinski definition) is 2. The molecule has 1 saturated heterocycles. The molecule has 10 heteroatoms. The van der Waals surface area contributed by atoms with E-state index in [9.17, 15) is 14.4 Å².